The molecule has 0 aliphatic carbocycles. The molecule has 5 N–H and O–H groups in total. The third-order valence-electron chi connectivity index (χ3n) is 3.27. The van der Waals surface area contributed by atoms with Crippen molar-refractivity contribution in [2.45, 2.75) is 37.6 Å². The maximum absolute atomic E-state index is 9.82. The molecule has 7 heteroatoms. The molecular weight excluding hydrogens is 268 g/mol. The van der Waals surface area contributed by atoms with Crippen LogP contribution >= 0.6 is 0 Å². The van der Waals surface area contributed by atoms with E-state index in [1.807, 2.05) is 0 Å². The maximum Gasteiger partial charge on any atom is 0.229 e. The third kappa shape index (κ3) is 2.87. The van der Waals surface area contributed by atoms with Crippen LogP contribution in [0.5, 0.6) is 11.5 Å². The second-order valence-electron chi connectivity index (χ2n) is 4.76. The summed E-state index contributed by atoms with van der Waals surface area (Å²) in [6.45, 7) is 1.16. The first kappa shape index (κ1) is 15.0. The van der Waals surface area contributed by atoms with Crippen LogP contribution in [-0.4, -0.2) is 62.8 Å². The smallest absolute Gasteiger partial charge is 0.229 e. The predicted molar refractivity (Wildman–Crippen MR) is 67.2 cm³/mol. The predicted octanol–water partition coefficient (Wildman–Crippen LogP) is -1.12. The van der Waals surface area contributed by atoms with Crippen LogP contribution in [0.4, 0.5) is 0 Å². The molecule has 0 unspecified atom stereocenters. The summed E-state index contributed by atoms with van der Waals surface area (Å²) in [4.78, 5) is 0. The molecule has 1 aromatic carbocycles. The molecule has 0 bridgehead atoms. The summed E-state index contributed by atoms with van der Waals surface area (Å²) in [5.74, 6) is 0.427. The highest BCUT2D eigenvalue weighted by molar-refractivity contribution is 5.38. The van der Waals surface area contributed by atoms with Gasteiger partial charge in [0.15, 0.2) is 0 Å². The van der Waals surface area contributed by atoms with E-state index in [2.05, 4.69) is 0 Å². The number of phenolic OH excluding ortho intramolecular Hbond substituents is 1. The zero-order valence-corrected chi connectivity index (χ0v) is 10.9. The first-order valence-electron chi connectivity index (χ1n) is 6.21. The standard InChI is InChI=1S/C13H18O7/c1-6-4-7(2-3-8(6)15)19-13-12(18)11(17)10(16)9(5-14)20-13/h2-4,9-18H,5H2,1H3/t9-,10+,11+,12-,13-/m0/s1. The van der Waals surface area contributed by atoms with E-state index in [4.69, 9.17) is 14.6 Å². The molecule has 1 aliphatic heterocycles. The Hall–Kier alpha value is -1.38. The minimum Gasteiger partial charge on any atom is -0.508 e. The molecule has 0 aromatic heterocycles. The molecule has 1 aliphatic rings. The maximum atomic E-state index is 9.82. The van der Waals surface area contributed by atoms with E-state index in [0.717, 1.165) is 0 Å². The van der Waals surface area contributed by atoms with E-state index in [1.165, 1.54) is 18.2 Å². The lowest BCUT2D eigenvalue weighted by Crippen LogP contribution is -2.60. The molecule has 1 fully saturated rings. The molecule has 2 rings (SSSR count). The fraction of sp³-hybridized carbons (Fsp3) is 0.538. The Morgan fingerprint density at radius 2 is 1.85 bits per heavy atom. The van der Waals surface area contributed by atoms with Crippen LogP contribution in [0.2, 0.25) is 0 Å². The fourth-order valence-electron chi connectivity index (χ4n) is 2.00. The van der Waals surface area contributed by atoms with Gasteiger partial charge in [0, 0.05) is 0 Å². The van der Waals surface area contributed by atoms with Gasteiger partial charge in [-0.2, -0.15) is 0 Å². The molecule has 1 aromatic rings. The van der Waals surface area contributed by atoms with Gasteiger partial charge in [-0.05, 0) is 30.7 Å². The average Bonchev–Trinajstić information content (AvgIpc) is 2.43. The second-order valence-corrected chi connectivity index (χ2v) is 4.76. The Morgan fingerprint density at radius 1 is 1.15 bits per heavy atom. The Morgan fingerprint density at radius 3 is 2.45 bits per heavy atom. The van der Waals surface area contributed by atoms with E-state index in [0.29, 0.717) is 11.3 Å². The number of phenols is 1. The molecule has 0 amide bonds. The number of hydrogen-bond acceptors (Lipinski definition) is 7. The molecule has 1 heterocycles. The molecule has 0 saturated carbocycles. The summed E-state index contributed by atoms with van der Waals surface area (Å²) in [7, 11) is 0. The van der Waals surface area contributed by atoms with Gasteiger partial charge in [-0.1, -0.05) is 0 Å². The zero-order valence-electron chi connectivity index (χ0n) is 10.9. The highest BCUT2D eigenvalue weighted by Crippen LogP contribution is 2.27. The van der Waals surface area contributed by atoms with Crippen molar-refractivity contribution in [1.82, 2.24) is 0 Å². The second kappa shape index (κ2) is 5.94. The van der Waals surface area contributed by atoms with E-state index in [-0.39, 0.29) is 5.75 Å². The summed E-state index contributed by atoms with van der Waals surface area (Å²) in [6, 6.07) is 4.44. The van der Waals surface area contributed by atoms with Gasteiger partial charge in [-0.25, -0.2) is 0 Å². The summed E-state index contributed by atoms with van der Waals surface area (Å²) < 4.78 is 10.6. The van der Waals surface area contributed by atoms with E-state index in [9.17, 15) is 20.4 Å². The average molecular weight is 286 g/mol. The zero-order chi connectivity index (χ0) is 14.9. The SMILES string of the molecule is Cc1cc(O[C@H]2O[C@@H](CO)[C@@H](O)[C@@H](O)[C@@H]2O)ccc1O. The number of aliphatic hydroxyl groups excluding tert-OH is 4. The van der Waals surface area contributed by atoms with Gasteiger partial charge in [0.25, 0.3) is 0 Å². The lowest BCUT2D eigenvalue weighted by molar-refractivity contribution is -0.277. The topological polar surface area (TPSA) is 120 Å². The quantitative estimate of drug-likeness (QED) is 0.477. The number of benzene rings is 1. The molecule has 5 atom stereocenters. The molecule has 112 valence electrons. The van der Waals surface area contributed by atoms with E-state index < -0.39 is 37.3 Å². The molecule has 0 spiro atoms. The third-order valence-corrected chi connectivity index (χ3v) is 3.27. The van der Waals surface area contributed by atoms with Crippen molar-refractivity contribution in [3.8, 4) is 11.5 Å². The van der Waals surface area contributed by atoms with Crippen molar-refractivity contribution >= 4 is 0 Å². The summed E-state index contributed by atoms with van der Waals surface area (Å²) in [5, 5.41) is 47.6. The monoisotopic (exact) mass is 286 g/mol. The van der Waals surface area contributed by atoms with Crippen LogP contribution in [0.25, 0.3) is 0 Å². The summed E-state index contributed by atoms with van der Waals surface area (Å²) >= 11 is 0. The number of hydrogen-bond donors (Lipinski definition) is 5. The number of aryl methyl sites for hydroxylation is 1. The van der Waals surface area contributed by atoms with Crippen LogP contribution in [0.15, 0.2) is 18.2 Å². The molecule has 7 nitrogen and oxygen atoms in total. The molecular formula is C13H18O7. The van der Waals surface area contributed by atoms with Crippen molar-refractivity contribution in [3.63, 3.8) is 0 Å². The number of ether oxygens (including phenoxy) is 2. The van der Waals surface area contributed by atoms with Gasteiger partial charge in [0.05, 0.1) is 6.61 Å². The minimum atomic E-state index is -1.48. The van der Waals surface area contributed by atoms with Gasteiger partial charge in [0.2, 0.25) is 6.29 Å². The van der Waals surface area contributed by atoms with Crippen LogP contribution in [0.3, 0.4) is 0 Å². The van der Waals surface area contributed by atoms with Gasteiger partial charge >= 0.3 is 0 Å². The summed E-state index contributed by atoms with van der Waals surface area (Å²) in [6.07, 6.45) is -6.60. The molecule has 20 heavy (non-hydrogen) atoms. The fourth-order valence-corrected chi connectivity index (χ4v) is 2.00. The van der Waals surface area contributed by atoms with Crippen molar-refractivity contribution in [3.05, 3.63) is 23.8 Å². The Labute approximate surface area is 115 Å². The highest BCUT2D eigenvalue weighted by Gasteiger charge is 2.44. The van der Waals surface area contributed by atoms with Gasteiger partial charge in [0.1, 0.15) is 35.9 Å². The highest BCUT2D eigenvalue weighted by atomic mass is 16.7. The number of aliphatic hydroxyl groups is 4. The number of rotatable bonds is 3. The van der Waals surface area contributed by atoms with E-state index in [1.54, 1.807) is 6.92 Å². The van der Waals surface area contributed by atoms with Crippen LogP contribution in [0, 0.1) is 6.92 Å². The lowest BCUT2D eigenvalue weighted by Gasteiger charge is -2.39. The van der Waals surface area contributed by atoms with Crippen molar-refractivity contribution in [2.75, 3.05) is 6.61 Å². The first-order chi connectivity index (χ1) is 9.43. The first-order valence-corrected chi connectivity index (χ1v) is 6.21. The van der Waals surface area contributed by atoms with Gasteiger partial charge in [-0.3, -0.25) is 0 Å². The van der Waals surface area contributed by atoms with Gasteiger partial charge < -0.3 is 35.0 Å². The molecule has 0 radical (unpaired) electrons. The molecule has 1 saturated heterocycles. The Balaban J connectivity index is 2.13. The van der Waals surface area contributed by atoms with Crippen molar-refractivity contribution in [2.24, 2.45) is 0 Å². The van der Waals surface area contributed by atoms with Crippen LogP contribution < -0.4 is 4.74 Å². The van der Waals surface area contributed by atoms with E-state index >= 15 is 0 Å². The lowest BCUT2D eigenvalue weighted by atomic mass is 9.99. The van der Waals surface area contributed by atoms with Crippen molar-refractivity contribution in [1.29, 1.82) is 0 Å². The van der Waals surface area contributed by atoms with Crippen LogP contribution in [-0.2, 0) is 4.74 Å². The van der Waals surface area contributed by atoms with Crippen LogP contribution in [0.1, 0.15) is 5.56 Å². The van der Waals surface area contributed by atoms with Crippen molar-refractivity contribution < 1.29 is 35.0 Å². The minimum absolute atomic E-state index is 0.103. The normalized spacial score (nSPS) is 34.0. The van der Waals surface area contributed by atoms with Gasteiger partial charge in [-0.15, -0.1) is 0 Å². The Bertz CT molecular complexity index is 462. The summed E-state index contributed by atoms with van der Waals surface area (Å²) in [5.41, 5.74) is 0.576. The number of aromatic hydroxyl groups is 1. The Kier molecular flexibility index (Phi) is 4.46. The largest absolute Gasteiger partial charge is 0.508 e.